The van der Waals surface area contributed by atoms with Crippen molar-refractivity contribution in [3.63, 3.8) is 0 Å². The topological polar surface area (TPSA) is 78.9 Å². The number of carbonyl (C=O) groups excluding carboxylic acids is 2. The van der Waals surface area contributed by atoms with Crippen LogP contribution in [0.15, 0.2) is 24.3 Å². The molecule has 0 fully saturated rings. The Balaban J connectivity index is 2.16. The zero-order valence-electron chi connectivity index (χ0n) is 15.6. The van der Waals surface area contributed by atoms with E-state index in [-0.39, 0.29) is 11.8 Å². The number of benzene rings is 1. The van der Waals surface area contributed by atoms with E-state index >= 15 is 0 Å². The van der Waals surface area contributed by atoms with Crippen molar-refractivity contribution in [1.29, 1.82) is 0 Å². The Morgan fingerprint density at radius 3 is 2.56 bits per heavy atom. The van der Waals surface area contributed by atoms with Crippen molar-refractivity contribution in [2.75, 3.05) is 0 Å². The molecule has 2 N–H and O–H groups in total. The van der Waals surface area contributed by atoms with Crippen molar-refractivity contribution < 1.29 is 19.4 Å². The van der Waals surface area contributed by atoms with Crippen LogP contribution < -0.4 is 5.32 Å². The highest BCUT2D eigenvalue weighted by molar-refractivity contribution is 5.86. The summed E-state index contributed by atoms with van der Waals surface area (Å²) in [4.78, 5) is 26.6. The molecule has 0 aromatic heterocycles. The molecule has 1 aromatic carbocycles. The number of nitrogens with zero attached hydrogens (tertiary/aromatic N) is 1. The highest BCUT2D eigenvalue weighted by atomic mass is 16.6. The van der Waals surface area contributed by atoms with Gasteiger partial charge in [-0.15, -0.1) is 0 Å². The summed E-state index contributed by atoms with van der Waals surface area (Å²) in [6.45, 7) is 9.50. The van der Waals surface area contributed by atoms with Crippen LogP contribution in [-0.4, -0.2) is 33.6 Å². The van der Waals surface area contributed by atoms with E-state index in [9.17, 15) is 14.7 Å². The van der Waals surface area contributed by atoms with Gasteiger partial charge in [0.15, 0.2) is 6.23 Å². The van der Waals surface area contributed by atoms with Crippen molar-refractivity contribution in [3.05, 3.63) is 35.4 Å². The van der Waals surface area contributed by atoms with Gasteiger partial charge in [0, 0.05) is 12.1 Å². The Morgan fingerprint density at radius 2 is 2.00 bits per heavy atom. The summed E-state index contributed by atoms with van der Waals surface area (Å²) >= 11 is 0. The number of hydrogen-bond acceptors (Lipinski definition) is 4. The minimum absolute atomic E-state index is 0.0871. The normalized spacial score (nSPS) is 19.1. The summed E-state index contributed by atoms with van der Waals surface area (Å²) in [6, 6.07) is 6.67. The molecule has 25 heavy (non-hydrogen) atoms. The summed E-state index contributed by atoms with van der Waals surface area (Å²) < 4.78 is 5.28. The molecular formula is C19H28N2O4. The molecule has 1 aromatic rings. The predicted octanol–water partition coefficient (Wildman–Crippen LogP) is 2.96. The van der Waals surface area contributed by atoms with E-state index in [2.05, 4.69) is 5.32 Å². The number of fused-ring (bicyclic) bond motifs is 1. The molecule has 0 bridgehead atoms. The van der Waals surface area contributed by atoms with E-state index < -0.39 is 24.0 Å². The maximum absolute atomic E-state index is 13.0. The van der Waals surface area contributed by atoms with Crippen LogP contribution in [0.25, 0.3) is 0 Å². The summed E-state index contributed by atoms with van der Waals surface area (Å²) in [6.07, 6.45) is -0.906. The molecule has 0 spiro atoms. The molecule has 0 saturated carbocycles. The van der Waals surface area contributed by atoms with Crippen LogP contribution in [0.3, 0.4) is 0 Å². The van der Waals surface area contributed by atoms with E-state index in [0.717, 1.165) is 11.1 Å². The maximum Gasteiger partial charge on any atom is 0.408 e. The summed E-state index contributed by atoms with van der Waals surface area (Å²) in [5.41, 5.74) is 1.01. The average Bonchev–Trinajstić information content (AvgIpc) is 2.87. The van der Waals surface area contributed by atoms with Crippen molar-refractivity contribution >= 4 is 12.0 Å². The van der Waals surface area contributed by atoms with E-state index in [0.29, 0.717) is 13.0 Å². The molecule has 6 heteroatoms. The van der Waals surface area contributed by atoms with E-state index in [4.69, 9.17) is 4.74 Å². The number of ether oxygens (including phenoxy) is 1. The van der Waals surface area contributed by atoms with Gasteiger partial charge in [-0.3, -0.25) is 4.79 Å². The quantitative estimate of drug-likeness (QED) is 0.877. The molecule has 1 aliphatic rings. The van der Waals surface area contributed by atoms with Crippen LogP contribution in [-0.2, 0) is 16.1 Å². The molecule has 0 radical (unpaired) electrons. The van der Waals surface area contributed by atoms with Gasteiger partial charge in [-0.25, -0.2) is 4.79 Å². The minimum atomic E-state index is -0.990. The second-order valence-electron chi connectivity index (χ2n) is 7.55. The Morgan fingerprint density at radius 1 is 1.36 bits per heavy atom. The zero-order chi connectivity index (χ0) is 18.8. The number of hydrogen-bond donors (Lipinski definition) is 2. The number of rotatable bonds is 4. The molecule has 1 aliphatic heterocycles. The molecule has 138 valence electrons. The van der Waals surface area contributed by atoms with Crippen molar-refractivity contribution in [2.45, 2.75) is 65.5 Å². The van der Waals surface area contributed by atoms with Gasteiger partial charge in [0.05, 0.1) is 0 Å². The van der Waals surface area contributed by atoms with E-state index in [1.165, 1.54) is 4.90 Å². The molecule has 0 aliphatic carbocycles. The fourth-order valence-corrected chi connectivity index (χ4v) is 2.86. The number of alkyl carbamates (subject to hydrolysis) is 1. The van der Waals surface area contributed by atoms with Gasteiger partial charge in [0.1, 0.15) is 11.6 Å². The second-order valence-corrected chi connectivity index (χ2v) is 7.55. The average molecular weight is 348 g/mol. The van der Waals surface area contributed by atoms with Crippen molar-refractivity contribution in [1.82, 2.24) is 10.2 Å². The lowest BCUT2D eigenvalue weighted by molar-refractivity contribution is -0.144. The number of nitrogens with one attached hydrogen (secondary N) is 1. The first kappa shape index (κ1) is 19.2. The number of aliphatic hydroxyl groups excluding tert-OH is 1. The zero-order valence-corrected chi connectivity index (χ0v) is 15.6. The third-order valence-electron chi connectivity index (χ3n) is 4.40. The first-order chi connectivity index (χ1) is 11.6. The monoisotopic (exact) mass is 348 g/mol. The number of aliphatic hydroxyl groups is 1. The van der Waals surface area contributed by atoms with Crippen LogP contribution in [0.4, 0.5) is 4.79 Å². The molecule has 2 rings (SSSR count). The lowest BCUT2D eigenvalue weighted by Crippen LogP contribution is -2.52. The minimum Gasteiger partial charge on any atom is -0.444 e. The molecular weight excluding hydrogens is 320 g/mol. The fraction of sp³-hybridized carbons (Fsp3) is 0.579. The molecule has 1 unspecified atom stereocenters. The van der Waals surface area contributed by atoms with Crippen LogP contribution in [0.5, 0.6) is 0 Å². The highest BCUT2D eigenvalue weighted by Crippen LogP contribution is 2.32. The number of amides is 2. The van der Waals surface area contributed by atoms with Crippen LogP contribution in [0.1, 0.15) is 58.4 Å². The van der Waals surface area contributed by atoms with Gasteiger partial charge >= 0.3 is 6.09 Å². The van der Waals surface area contributed by atoms with Gasteiger partial charge in [-0.2, -0.15) is 0 Å². The predicted molar refractivity (Wildman–Crippen MR) is 94.6 cm³/mol. The summed E-state index contributed by atoms with van der Waals surface area (Å²) in [5.74, 6) is -0.389. The lowest BCUT2D eigenvalue weighted by Gasteiger charge is -2.30. The smallest absolute Gasteiger partial charge is 0.408 e. The third kappa shape index (κ3) is 4.51. The largest absolute Gasteiger partial charge is 0.444 e. The van der Waals surface area contributed by atoms with Gasteiger partial charge in [0.25, 0.3) is 0 Å². The Bertz CT molecular complexity index is 639. The van der Waals surface area contributed by atoms with Crippen molar-refractivity contribution in [2.24, 2.45) is 5.92 Å². The van der Waals surface area contributed by atoms with Crippen LogP contribution in [0.2, 0.25) is 0 Å². The van der Waals surface area contributed by atoms with Gasteiger partial charge in [-0.05, 0) is 32.3 Å². The number of carbonyl (C=O) groups is 2. The molecule has 6 nitrogen and oxygen atoms in total. The van der Waals surface area contributed by atoms with Crippen LogP contribution >= 0.6 is 0 Å². The van der Waals surface area contributed by atoms with Gasteiger partial charge < -0.3 is 20.1 Å². The van der Waals surface area contributed by atoms with Gasteiger partial charge in [-0.1, -0.05) is 44.5 Å². The standard InChI is InChI=1S/C19H28N2O4/c1-6-12(2)15(20-18(24)25-19(3,4)5)17(23)21-11-13-9-7-8-10-14(13)16(21)22/h7-10,12,15-16,22H,6,11H2,1-5H3,(H,20,24)/t12-,15+,16?/m1/s1. The van der Waals surface area contributed by atoms with Crippen molar-refractivity contribution in [3.8, 4) is 0 Å². The SMILES string of the molecule is CC[C@@H](C)[C@H](NC(=O)OC(C)(C)C)C(=O)N1Cc2ccccc2C1O. The Hall–Kier alpha value is -2.08. The summed E-state index contributed by atoms with van der Waals surface area (Å²) in [5, 5.41) is 13.2. The fourth-order valence-electron chi connectivity index (χ4n) is 2.86. The Labute approximate surface area is 149 Å². The molecule has 2 amide bonds. The van der Waals surface area contributed by atoms with Crippen LogP contribution in [0, 0.1) is 5.92 Å². The maximum atomic E-state index is 13.0. The van der Waals surface area contributed by atoms with E-state index in [1.54, 1.807) is 20.8 Å². The summed E-state index contributed by atoms with van der Waals surface area (Å²) in [7, 11) is 0. The lowest BCUT2D eigenvalue weighted by atomic mass is 9.98. The van der Waals surface area contributed by atoms with E-state index in [1.807, 2.05) is 38.1 Å². The molecule has 1 heterocycles. The first-order valence-electron chi connectivity index (χ1n) is 8.70. The third-order valence-corrected chi connectivity index (χ3v) is 4.40. The molecule has 0 saturated heterocycles. The first-order valence-corrected chi connectivity index (χ1v) is 8.70. The van der Waals surface area contributed by atoms with Gasteiger partial charge in [0.2, 0.25) is 5.91 Å². The Kier molecular flexibility index (Phi) is 5.72. The molecule has 3 atom stereocenters. The highest BCUT2D eigenvalue weighted by Gasteiger charge is 2.38. The second kappa shape index (κ2) is 7.44.